The summed E-state index contributed by atoms with van der Waals surface area (Å²) >= 11 is 6.28. The van der Waals surface area contributed by atoms with Crippen LogP contribution in [0.15, 0.2) is 12.1 Å². The first kappa shape index (κ1) is 17.1. The summed E-state index contributed by atoms with van der Waals surface area (Å²) in [5.41, 5.74) is 1.02. The number of carbonyl (C=O) groups excluding carboxylic acids is 1. The fraction of sp³-hybridized carbons (Fsp3) is 0.400. The highest BCUT2D eigenvalue weighted by atomic mass is 35.5. The third-order valence-electron chi connectivity index (χ3n) is 2.89. The Kier molecular flexibility index (Phi) is 5.81. The number of nitrogens with zero attached hydrogens (tertiary/aromatic N) is 2. The molecule has 8 heteroatoms. The van der Waals surface area contributed by atoms with E-state index in [-0.39, 0.29) is 12.3 Å². The predicted octanol–water partition coefficient (Wildman–Crippen LogP) is 3.10. The molecule has 0 aliphatic heterocycles. The van der Waals surface area contributed by atoms with Crippen molar-refractivity contribution in [3.63, 3.8) is 0 Å². The maximum Gasteiger partial charge on any atom is 0.361 e. The number of hydrogen-bond donors (Lipinski definition) is 1. The first-order valence-electron chi connectivity index (χ1n) is 7.29. The SMILES string of the molecule is CCOC(=O)c1n[nH]nc1-c1cc(Cl)c(OCC)c(OCC)c1. The third-order valence-corrected chi connectivity index (χ3v) is 3.17. The van der Waals surface area contributed by atoms with Crippen LogP contribution in [0.4, 0.5) is 0 Å². The van der Waals surface area contributed by atoms with Gasteiger partial charge in [0.2, 0.25) is 0 Å². The number of ether oxygens (including phenoxy) is 3. The van der Waals surface area contributed by atoms with E-state index in [0.29, 0.717) is 41.0 Å². The Morgan fingerprint density at radius 2 is 1.87 bits per heavy atom. The molecule has 0 radical (unpaired) electrons. The standard InChI is InChI=1S/C15H18ClN3O4/c1-4-21-11-8-9(7-10(16)14(11)22-5-2)12-13(18-19-17-12)15(20)23-6-3/h7-8H,4-6H2,1-3H3,(H,17,18,19). The molecular weight excluding hydrogens is 322 g/mol. The molecule has 2 aromatic rings. The van der Waals surface area contributed by atoms with E-state index in [2.05, 4.69) is 15.4 Å². The molecule has 1 aromatic heterocycles. The van der Waals surface area contributed by atoms with Crippen LogP contribution in [-0.4, -0.2) is 41.2 Å². The van der Waals surface area contributed by atoms with Crippen molar-refractivity contribution < 1.29 is 19.0 Å². The average molecular weight is 340 g/mol. The van der Waals surface area contributed by atoms with E-state index < -0.39 is 5.97 Å². The van der Waals surface area contributed by atoms with Gasteiger partial charge in [0, 0.05) is 5.56 Å². The second-order valence-corrected chi connectivity index (χ2v) is 4.80. The molecule has 23 heavy (non-hydrogen) atoms. The lowest BCUT2D eigenvalue weighted by Crippen LogP contribution is -2.07. The van der Waals surface area contributed by atoms with Crippen LogP contribution in [0.2, 0.25) is 5.02 Å². The highest BCUT2D eigenvalue weighted by Crippen LogP contribution is 2.39. The lowest BCUT2D eigenvalue weighted by molar-refractivity contribution is 0.0520. The molecule has 0 aliphatic carbocycles. The van der Waals surface area contributed by atoms with Gasteiger partial charge in [-0.15, -0.1) is 5.10 Å². The van der Waals surface area contributed by atoms with Gasteiger partial charge in [-0.1, -0.05) is 11.6 Å². The molecule has 0 fully saturated rings. The summed E-state index contributed by atoms with van der Waals surface area (Å²) in [6.45, 7) is 6.59. The Morgan fingerprint density at radius 1 is 1.13 bits per heavy atom. The number of rotatable bonds is 7. The topological polar surface area (TPSA) is 86.3 Å². The summed E-state index contributed by atoms with van der Waals surface area (Å²) in [5, 5.41) is 10.7. The van der Waals surface area contributed by atoms with E-state index in [9.17, 15) is 4.79 Å². The fourth-order valence-corrected chi connectivity index (χ4v) is 2.29. The molecule has 0 saturated heterocycles. The zero-order valence-electron chi connectivity index (χ0n) is 13.2. The minimum atomic E-state index is -0.556. The second-order valence-electron chi connectivity index (χ2n) is 4.39. The van der Waals surface area contributed by atoms with Crippen molar-refractivity contribution in [1.82, 2.24) is 15.4 Å². The molecule has 7 nitrogen and oxygen atoms in total. The molecule has 1 aromatic carbocycles. The van der Waals surface area contributed by atoms with E-state index >= 15 is 0 Å². The molecule has 0 bridgehead atoms. The summed E-state index contributed by atoms with van der Waals surface area (Å²) < 4.78 is 16.1. The van der Waals surface area contributed by atoms with Gasteiger partial charge in [0.25, 0.3) is 0 Å². The van der Waals surface area contributed by atoms with Crippen molar-refractivity contribution in [3.8, 4) is 22.8 Å². The smallest absolute Gasteiger partial charge is 0.361 e. The summed E-state index contributed by atoms with van der Waals surface area (Å²) in [7, 11) is 0. The van der Waals surface area contributed by atoms with Crippen LogP contribution in [0.3, 0.4) is 0 Å². The minimum absolute atomic E-state index is 0.0922. The normalized spacial score (nSPS) is 10.4. The second kappa shape index (κ2) is 7.82. The number of nitrogens with one attached hydrogen (secondary N) is 1. The fourth-order valence-electron chi connectivity index (χ4n) is 2.03. The Morgan fingerprint density at radius 3 is 2.52 bits per heavy atom. The number of aromatic amines is 1. The quantitative estimate of drug-likeness (QED) is 0.780. The number of H-pyrrole nitrogens is 1. The van der Waals surface area contributed by atoms with Crippen LogP contribution in [0.1, 0.15) is 31.3 Å². The Hall–Kier alpha value is -2.28. The van der Waals surface area contributed by atoms with Crippen molar-refractivity contribution in [2.75, 3.05) is 19.8 Å². The Bertz CT molecular complexity index is 687. The third kappa shape index (κ3) is 3.73. The largest absolute Gasteiger partial charge is 0.490 e. The van der Waals surface area contributed by atoms with Crippen LogP contribution < -0.4 is 9.47 Å². The van der Waals surface area contributed by atoms with Gasteiger partial charge in [-0.2, -0.15) is 10.3 Å². The molecule has 0 unspecified atom stereocenters. The predicted molar refractivity (Wildman–Crippen MR) is 85.1 cm³/mol. The zero-order chi connectivity index (χ0) is 16.8. The van der Waals surface area contributed by atoms with Crippen molar-refractivity contribution >= 4 is 17.6 Å². The average Bonchev–Trinajstić information content (AvgIpc) is 3.00. The van der Waals surface area contributed by atoms with E-state index in [1.165, 1.54) is 0 Å². The summed E-state index contributed by atoms with van der Waals surface area (Å²) in [6.07, 6.45) is 0. The Labute approximate surface area is 138 Å². The monoisotopic (exact) mass is 339 g/mol. The number of esters is 1. The van der Waals surface area contributed by atoms with Crippen molar-refractivity contribution in [2.24, 2.45) is 0 Å². The lowest BCUT2D eigenvalue weighted by atomic mass is 10.1. The molecule has 1 N–H and O–H groups in total. The molecule has 0 aliphatic rings. The van der Waals surface area contributed by atoms with Crippen molar-refractivity contribution in [1.29, 1.82) is 0 Å². The molecule has 0 saturated carbocycles. The van der Waals surface area contributed by atoms with Crippen LogP contribution in [-0.2, 0) is 4.74 Å². The molecule has 0 atom stereocenters. The number of benzene rings is 1. The number of halogens is 1. The van der Waals surface area contributed by atoms with Gasteiger partial charge in [-0.3, -0.25) is 0 Å². The van der Waals surface area contributed by atoms with Gasteiger partial charge in [0.1, 0.15) is 5.69 Å². The van der Waals surface area contributed by atoms with Crippen LogP contribution in [0.25, 0.3) is 11.3 Å². The number of carbonyl (C=O) groups is 1. The van der Waals surface area contributed by atoms with Gasteiger partial charge in [0.05, 0.1) is 24.8 Å². The minimum Gasteiger partial charge on any atom is -0.490 e. The first-order valence-corrected chi connectivity index (χ1v) is 7.67. The van der Waals surface area contributed by atoms with E-state index in [1.807, 2.05) is 13.8 Å². The summed E-state index contributed by atoms with van der Waals surface area (Å²) in [4.78, 5) is 11.9. The van der Waals surface area contributed by atoms with Crippen molar-refractivity contribution in [2.45, 2.75) is 20.8 Å². The summed E-state index contributed by atoms with van der Waals surface area (Å²) in [5.74, 6) is 0.384. The Balaban J connectivity index is 2.48. The van der Waals surface area contributed by atoms with Crippen LogP contribution in [0, 0.1) is 0 Å². The van der Waals surface area contributed by atoms with Crippen LogP contribution >= 0.6 is 11.6 Å². The van der Waals surface area contributed by atoms with Gasteiger partial charge < -0.3 is 14.2 Å². The van der Waals surface area contributed by atoms with Crippen LogP contribution in [0.5, 0.6) is 11.5 Å². The highest BCUT2D eigenvalue weighted by molar-refractivity contribution is 6.32. The lowest BCUT2D eigenvalue weighted by Gasteiger charge is -2.14. The van der Waals surface area contributed by atoms with E-state index in [4.69, 9.17) is 25.8 Å². The maximum atomic E-state index is 11.9. The highest BCUT2D eigenvalue weighted by Gasteiger charge is 2.22. The van der Waals surface area contributed by atoms with Gasteiger partial charge >= 0.3 is 5.97 Å². The molecule has 0 amide bonds. The maximum absolute atomic E-state index is 11.9. The molecule has 1 heterocycles. The molecule has 124 valence electrons. The van der Waals surface area contributed by atoms with Gasteiger partial charge in [0.15, 0.2) is 17.2 Å². The number of hydrogen-bond acceptors (Lipinski definition) is 6. The summed E-state index contributed by atoms with van der Waals surface area (Å²) in [6, 6.07) is 3.36. The number of aromatic nitrogens is 3. The first-order chi connectivity index (χ1) is 11.1. The van der Waals surface area contributed by atoms with E-state index in [1.54, 1.807) is 19.1 Å². The van der Waals surface area contributed by atoms with Crippen molar-refractivity contribution in [3.05, 3.63) is 22.8 Å². The van der Waals surface area contributed by atoms with Gasteiger partial charge in [-0.25, -0.2) is 4.79 Å². The van der Waals surface area contributed by atoms with Gasteiger partial charge in [-0.05, 0) is 32.9 Å². The zero-order valence-corrected chi connectivity index (χ0v) is 13.9. The molecule has 0 spiro atoms. The van der Waals surface area contributed by atoms with E-state index in [0.717, 1.165) is 0 Å². The molecule has 2 rings (SSSR count). The molecular formula is C15H18ClN3O4.